The van der Waals surface area contributed by atoms with Gasteiger partial charge in [0.15, 0.2) is 0 Å². The Balaban J connectivity index is 2.19. The van der Waals surface area contributed by atoms with Crippen molar-refractivity contribution in [1.29, 1.82) is 0 Å². The molecule has 0 amide bonds. The molecule has 1 aliphatic carbocycles. The summed E-state index contributed by atoms with van der Waals surface area (Å²) in [6, 6.07) is 9.75. The normalized spacial score (nSPS) is 18.5. The third-order valence-electron chi connectivity index (χ3n) is 3.62. The highest BCUT2D eigenvalue weighted by molar-refractivity contribution is 5.35. The monoisotopic (exact) mass is 231 g/mol. The van der Waals surface area contributed by atoms with Gasteiger partial charge in [-0.2, -0.15) is 0 Å². The van der Waals surface area contributed by atoms with Crippen molar-refractivity contribution in [3.05, 3.63) is 35.4 Å². The molecule has 1 aromatic carbocycles. The standard InChI is InChI=1S/C16H25N/c1-12(2)17-16(10-11-16)14-8-6-13(7-9-14)15(3,4)5/h6-9,12,17H,10-11H2,1-5H3. The van der Waals surface area contributed by atoms with Gasteiger partial charge in [0, 0.05) is 11.6 Å². The van der Waals surface area contributed by atoms with Crippen molar-refractivity contribution in [3.8, 4) is 0 Å². The van der Waals surface area contributed by atoms with Crippen molar-refractivity contribution < 1.29 is 0 Å². The summed E-state index contributed by atoms with van der Waals surface area (Å²) in [5, 5.41) is 3.70. The smallest absolute Gasteiger partial charge is 0.0438 e. The topological polar surface area (TPSA) is 12.0 Å². The molecule has 1 heteroatoms. The zero-order chi connectivity index (χ0) is 12.7. The molecule has 0 heterocycles. The van der Waals surface area contributed by atoms with E-state index in [0.29, 0.717) is 6.04 Å². The molecule has 1 aliphatic rings. The zero-order valence-electron chi connectivity index (χ0n) is 11.8. The summed E-state index contributed by atoms with van der Waals surface area (Å²) in [6.45, 7) is 11.2. The van der Waals surface area contributed by atoms with Crippen LogP contribution in [0.25, 0.3) is 0 Å². The van der Waals surface area contributed by atoms with E-state index in [1.807, 2.05) is 0 Å². The predicted octanol–water partition coefficient (Wildman–Crippen LogP) is 3.97. The Morgan fingerprint density at radius 2 is 1.59 bits per heavy atom. The van der Waals surface area contributed by atoms with Crippen LogP contribution in [0.3, 0.4) is 0 Å². The van der Waals surface area contributed by atoms with Gasteiger partial charge in [0.25, 0.3) is 0 Å². The molecule has 0 atom stereocenters. The van der Waals surface area contributed by atoms with Crippen LogP contribution in [0.4, 0.5) is 0 Å². The highest BCUT2D eigenvalue weighted by Gasteiger charge is 2.44. The van der Waals surface area contributed by atoms with Crippen LogP contribution in [0.5, 0.6) is 0 Å². The van der Waals surface area contributed by atoms with Crippen LogP contribution in [0.15, 0.2) is 24.3 Å². The lowest BCUT2D eigenvalue weighted by atomic mass is 9.86. The molecule has 0 aromatic heterocycles. The van der Waals surface area contributed by atoms with E-state index in [0.717, 1.165) is 0 Å². The molecular weight excluding hydrogens is 206 g/mol. The van der Waals surface area contributed by atoms with Crippen LogP contribution in [-0.2, 0) is 11.0 Å². The summed E-state index contributed by atoms with van der Waals surface area (Å²) in [7, 11) is 0. The number of benzene rings is 1. The SMILES string of the molecule is CC(C)NC1(c2ccc(C(C)(C)C)cc2)CC1. The van der Waals surface area contributed by atoms with Crippen molar-refractivity contribution in [1.82, 2.24) is 5.32 Å². The molecule has 1 aromatic rings. The van der Waals surface area contributed by atoms with Gasteiger partial charge >= 0.3 is 0 Å². The number of hydrogen-bond acceptors (Lipinski definition) is 1. The van der Waals surface area contributed by atoms with Gasteiger partial charge in [0.05, 0.1) is 0 Å². The molecule has 94 valence electrons. The van der Waals surface area contributed by atoms with E-state index in [9.17, 15) is 0 Å². The summed E-state index contributed by atoms with van der Waals surface area (Å²) in [4.78, 5) is 0. The fourth-order valence-corrected chi connectivity index (χ4v) is 2.48. The summed E-state index contributed by atoms with van der Waals surface area (Å²) >= 11 is 0. The lowest BCUT2D eigenvalue weighted by Crippen LogP contribution is -2.34. The first-order valence-corrected chi connectivity index (χ1v) is 6.72. The molecule has 0 aliphatic heterocycles. The van der Waals surface area contributed by atoms with E-state index in [1.165, 1.54) is 24.0 Å². The minimum atomic E-state index is 0.251. The second-order valence-corrected chi connectivity index (χ2v) is 6.71. The highest BCUT2D eigenvalue weighted by atomic mass is 15.0. The summed E-state index contributed by atoms with van der Waals surface area (Å²) in [5.41, 5.74) is 3.41. The van der Waals surface area contributed by atoms with Crippen molar-refractivity contribution in [2.45, 2.75) is 64.5 Å². The Morgan fingerprint density at radius 3 is 1.94 bits per heavy atom. The third-order valence-corrected chi connectivity index (χ3v) is 3.62. The Kier molecular flexibility index (Phi) is 3.07. The van der Waals surface area contributed by atoms with Crippen LogP contribution < -0.4 is 5.32 Å². The van der Waals surface area contributed by atoms with Crippen molar-refractivity contribution >= 4 is 0 Å². The molecule has 17 heavy (non-hydrogen) atoms. The minimum Gasteiger partial charge on any atom is -0.305 e. The van der Waals surface area contributed by atoms with E-state index in [2.05, 4.69) is 64.2 Å². The predicted molar refractivity (Wildman–Crippen MR) is 74.3 cm³/mol. The lowest BCUT2D eigenvalue weighted by molar-refractivity contribution is 0.461. The molecular formula is C16H25N. The van der Waals surface area contributed by atoms with Crippen LogP contribution in [0.2, 0.25) is 0 Å². The molecule has 0 spiro atoms. The first-order valence-electron chi connectivity index (χ1n) is 6.72. The zero-order valence-corrected chi connectivity index (χ0v) is 11.8. The summed E-state index contributed by atoms with van der Waals surface area (Å²) in [6.07, 6.45) is 2.56. The van der Waals surface area contributed by atoms with Gasteiger partial charge in [-0.3, -0.25) is 0 Å². The number of nitrogens with one attached hydrogen (secondary N) is 1. The van der Waals surface area contributed by atoms with Crippen molar-refractivity contribution in [3.63, 3.8) is 0 Å². The highest BCUT2D eigenvalue weighted by Crippen LogP contribution is 2.46. The quantitative estimate of drug-likeness (QED) is 0.830. The van der Waals surface area contributed by atoms with E-state index in [-0.39, 0.29) is 11.0 Å². The van der Waals surface area contributed by atoms with Crippen LogP contribution >= 0.6 is 0 Å². The molecule has 0 unspecified atom stereocenters. The van der Waals surface area contributed by atoms with Gasteiger partial charge in [0.2, 0.25) is 0 Å². The maximum atomic E-state index is 3.70. The van der Waals surface area contributed by atoms with Gasteiger partial charge in [-0.15, -0.1) is 0 Å². The fourth-order valence-electron chi connectivity index (χ4n) is 2.48. The largest absolute Gasteiger partial charge is 0.305 e. The molecule has 1 saturated carbocycles. The van der Waals surface area contributed by atoms with Crippen LogP contribution in [0.1, 0.15) is 58.6 Å². The Hall–Kier alpha value is -0.820. The Morgan fingerprint density at radius 1 is 1.06 bits per heavy atom. The van der Waals surface area contributed by atoms with Gasteiger partial charge in [-0.25, -0.2) is 0 Å². The molecule has 1 fully saturated rings. The van der Waals surface area contributed by atoms with Gasteiger partial charge in [0.1, 0.15) is 0 Å². The van der Waals surface area contributed by atoms with Gasteiger partial charge in [-0.05, 0) is 29.4 Å². The van der Waals surface area contributed by atoms with Crippen molar-refractivity contribution in [2.24, 2.45) is 0 Å². The number of rotatable bonds is 3. The molecule has 1 nitrogen and oxygen atoms in total. The molecule has 0 saturated heterocycles. The average Bonchev–Trinajstić information content (AvgIpc) is 2.97. The molecule has 1 N–H and O–H groups in total. The third kappa shape index (κ3) is 2.71. The second-order valence-electron chi connectivity index (χ2n) is 6.71. The maximum Gasteiger partial charge on any atom is 0.0438 e. The van der Waals surface area contributed by atoms with Crippen molar-refractivity contribution in [2.75, 3.05) is 0 Å². The second kappa shape index (κ2) is 4.13. The fraction of sp³-hybridized carbons (Fsp3) is 0.625. The van der Waals surface area contributed by atoms with E-state index in [4.69, 9.17) is 0 Å². The lowest BCUT2D eigenvalue weighted by Gasteiger charge is -2.23. The molecule has 0 radical (unpaired) electrons. The summed E-state index contributed by atoms with van der Waals surface area (Å²) in [5.74, 6) is 0. The van der Waals surface area contributed by atoms with Gasteiger partial charge in [-0.1, -0.05) is 58.9 Å². The van der Waals surface area contributed by atoms with E-state index >= 15 is 0 Å². The summed E-state index contributed by atoms with van der Waals surface area (Å²) < 4.78 is 0. The van der Waals surface area contributed by atoms with Crippen LogP contribution in [-0.4, -0.2) is 6.04 Å². The Labute approximate surface area is 106 Å². The van der Waals surface area contributed by atoms with E-state index in [1.54, 1.807) is 0 Å². The Bertz CT molecular complexity index is 377. The number of hydrogen-bond donors (Lipinski definition) is 1. The minimum absolute atomic E-state index is 0.251. The molecule has 0 bridgehead atoms. The first-order chi connectivity index (χ1) is 7.83. The van der Waals surface area contributed by atoms with Gasteiger partial charge < -0.3 is 5.32 Å². The maximum absolute atomic E-state index is 3.70. The average molecular weight is 231 g/mol. The molecule has 2 rings (SSSR count). The van der Waals surface area contributed by atoms with Crippen LogP contribution in [0, 0.1) is 0 Å². The van der Waals surface area contributed by atoms with E-state index < -0.39 is 0 Å². The first kappa shape index (κ1) is 12.6.